The van der Waals surface area contributed by atoms with E-state index in [1.807, 2.05) is 0 Å². The van der Waals surface area contributed by atoms with Gasteiger partial charge in [-0.2, -0.15) is 13.2 Å². The average Bonchev–Trinajstić information content (AvgIpc) is 2.34. The van der Waals surface area contributed by atoms with Crippen LogP contribution in [0.25, 0.3) is 0 Å². The minimum absolute atomic E-state index is 0. The normalized spacial score (nSPS) is 12.4. The average molecular weight is 327 g/mol. The fourth-order valence-corrected chi connectivity index (χ4v) is 1.46. The van der Waals surface area contributed by atoms with Gasteiger partial charge in [0.05, 0.1) is 12.6 Å². The Morgan fingerprint density at radius 3 is 2.57 bits per heavy atom. The lowest BCUT2D eigenvalue weighted by Crippen LogP contribution is -2.37. The minimum Gasteiger partial charge on any atom is -0.367 e. The third-order valence-corrected chi connectivity index (χ3v) is 2.41. The van der Waals surface area contributed by atoms with Crippen LogP contribution in [-0.4, -0.2) is 24.7 Å². The third kappa shape index (κ3) is 8.54. The maximum absolute atomic E-state index is 11.9. The number of alkyl halides is 3. The molecule has 0 radical (unpaired) electrons. The summed E-state index contributed by atoms with van der Waals surface area (Å²) >= 11 is 0. The molecule has 0 saturated carbocycles. The van der Waals surface area contributed by atoms with Gasteiger partial charge >= 0.3 is 6.18 Å². The van der Waals surface area contributed by atoms with Gasteiger partial charge in [0.1, 0.15) is 6.61 Å². The molecule has 4 nitrogen and oxygen atoms in total. The second-order valence-corrected chi connectivity index (χ2v) is 4.43. The molecule has 0 aliphatic carbocycles. The van der Waals surface area contributed by atoms with Crippen LogP contribution in [0.15, 0.2) is 24.3 Å². The van der Waals surface area contributed by atoms with E-state index in [2.05, 4.69) is 10.1 Å². The van der Waals surface area contributed by atoms with E-state index < -0.39 is 18.8 Å². The van der Waals surface area contributed by atoms with Gasteiger partial charge in [-0.25, -0.2) is 0 Å². The van der Waals surface area contributed by atoms with E-state index in [1.165, 1.54) is 0 Å². The number of nitrogens with two attached hydrogens (primary N) is 1. The summed E-state index contributed by atoms with van der Waals surface area (Å²) in [5, 5.41) is 2.62. The first kappa shape index (κ1) is 19.7. The Morgan fingerprint density at radius 2 is 2.00 bits per heavy atom. The maximum Gasteiger partial charge on any atom is 0.411 e. The van der Waals surface area contributed by atoms with Crippen LogP contribution in [0.1, 0.15) is 18.1 Å². The topological polar surface area (TPSA) is 64.4 Å². The molecule has 1 atom stereocenters. The molecule has 0 spiro atoms. The van der Waals surface area contributed by atoms with Crippen LogP contribution in [0, 0.1) is 0 Å². The highest BCUT2D eigenvalue weighted by atomic mass is 35.5. The Hall–Kier alpha value is -1.31. The molecule has 1 amide bonds. The van der Waals surface area contributed by atoms with E-state index >= 15 is 0 Å². The molecule has 8 heteroatoms. The third-order valence-electron chi connectivity index (χ3n) is 2.41. The van der Waals surface area contributed by atoms with E-state index in [9.17, 15) is 18.0 Å². The molecule has 0 aromatic heterocycles. The summed E-state index contributed by atoms with van der Waals surface area (Å²) in [6.07, 6.45) is -4.33. The lowest BCUT2D eigenvalue weighted by atomic mass is 10.1. The lowest BCUT2D eigenvalue weighted by Gasteiger charge is -2.10. The Bertz CT molecular complexity index is 453. The van der Waals surface area contributed by atoms with Crippen molar-refractivity contribution in [1.29, 1.82) is 0 Å². The van der Waals surface area contributed by atoms with Crippen molar-refractivity contribution in [3.63, 3.8) is 0 Å². The molecule has 0 fully saturated rings. The quantitative estimate of drug-likeness (QED) is 0.842. The van der Waals surface area contributed by atoms with Crippen molar-refractivity contribution >= 4 is 18.3 Å². The number of halogens is 4. The van der Waals surface area contributed by atoms with E-state index in [-0.39, 0.29) is 31.5 Å². The molecule has 0 bridgehead atoms. The number of carbonyl (C=O) groups is 1. The van der Waals surface area contributed by atoms with Crippen molar-refractivity contribution in [1.82, 2.24) is 5.32 Å². The van der Waals surface area contributed by atoms with Gasteiger partial charge in [-0.1, -0.05) is 24.3 Å². The van der Waals surface area contributed by atoms with Gasteiger partial charge in [0.25, 0.3) is 0 Å². The Morgan fingerprint density at radius 1 is 1.38 bits per heavy atom. The van der Waals surface area contributed by atoms with E-state index in [0.29, 0.717) is 5.56 Å². The molecular formula is C13H18ClF3N2O2. The van der Waals surface area contributed by atoms with Crippen molar-refractivity contribution in [2.75, 3.05) is 6.61 Å². The molecule has 1 aromatic carbocycles. The lowest BCUT2D eigenvalue weighted by molar-refractivity contribution is -0.176. The number of nitrogens with one attached hydrogen (secondary N) is 1. The maximum atomic E-state index is 11.9. The second kappa shape index (κ2) is 8.86. The first-order valence-corrected chi connectivity index (χ1v) is 6.03. The Balaban J connectivity index is 0.00000400. The molecule has 0 aliphatic heterocycles. The second-order valence-electron chi connectivity index (χ2n) is 4.43. The zero-order chi connectivity index (χ0) is 15.2. The summed E-state index contributed by atoms with van der Waals surface area (Å²) < 4.78 is 40.4. The number of hydrogen-bond donors (Lipinski definition) is 2. The monoisotopic (exact) mass is 326 g/mol. The van der Waals surface area contributed by atoms with Crippen LogP contribution in [-0.2, 0) is 22.7 Å². The molecule has 1 rings (SSSR count). The van der Waals surface area contributed by atoms with Crippen molar-refractivity contribution in [3.05, 3.63) is 35.4 Å². The zero-order valence-corrected chi connectivity index (χ0v) is 12.3. The van der Waals surface area contributed by atoms with Gasteiger partial charge in [0.2, 0.25) is 5.91 Å². The number of rotatable bonds is 6. The van der Waals surface area contributed by atoms with Crippen molar-refractivity contribution in [2.24, 2.45) is 5.73 Å². The molecule has 0 heterocycles. The van der Waals surface area contributed by atoms with E-state index in [0.717, 1.165) is 5.56 Å². The summed E-state index contributed by atoms with van der Waals surface area (Å²) in [5.41, 5.74) is 6.78. The van der Waals surface area contributed by atoms with Crippen LogP contribution >= 0.6 is 12.4 Å². The van der Waals surface area contributed by atoms with Gasteiger partial charge in [0.15, 0.2) is 0 Å². The molecule has 0 aliphatic rings. The standard InChI is InChI=1S/C13H17F3N2O2.ClH/c1-9(17)12(19)18-6-10-3-2-4-11(5-10)7-20-8-13(14,15)16;/h2-5,9H,6-8,17H2,1H3,(H,18,19);1H. The largest absolute Gasteiger partial charge is 0.411 e. The summed E-state index contributed by atoms with van der Waals surface area (Å²) in [7, 11) is 0. The Labute approximate surface area is 127 Å². The highest BCUT2D eigenvalue weighted by Crippen LogP contribution is 2.16. The van der Waals surface area contributed by atoms with Gasteiger partial charge < -0.3 is 15.8 Å². The van der Waals surface area contributed by atoms with Crippen LogP contribution in [0.2, 0.25) is 0 Å². The van der Waals surface area contributed by atoms with Crippen LogP contribution in [0.5, 0.6) is 0 Å². The number of carbonyl (C=O) groups excluding carboxylic acids is 1. The number of amides is 1. The highest BCUT2D eigenvalue weighted by molar-refractivity contribution is 5.85. The van der Waals surface area contributed by atoms with Crippen molar-refractivity contribution < 1.29 is 22.7 Å². The minimum atomic E-state index is -4.33. The van der Waals surface area contributed by atoms with Crippen molar-refractivity contribution in [2.45, 2.75) is 32.3 Å². The summed E-state index contributed by atoms with van der Waals surface area (Å²) in [4.78, 5) is 11.3. The molecule has 1 unspecified atom stereocenters. The highest BCUT2D eigenvalue weighted by Gasteiger charge is 2.27. The zero-order valence-electron chi connectivity index (χ0n) is 11.4. The molecule has 21 heavy (non-hydrogen) atoms. The smallest absolute Gasteiger partial charge is 0.367 e. The molecule has 1 aromatic rings. The SMILES string of the molecule is CC(N)C(=O)NCc1cccc(COCC(F)(F)F)c1.Cl. The molecule has 3 N–H and O–H groups in total. The molecular weight excluding hydrogens is 309 g/mol. The van der Waals surface area contributed by atoms with Crippen LogP contribution < -0.4 is 11.1 Å². The summed E-state index contributed by atoms with van der Waals surface area (Å²) in [5.74, 6) is -0.288. The fourth-order valence-electron chi connectivity index (χ4n) is 1.46. The summed E-state index contributed by atoms with van der Waals surface area (Å²) in [6, 6.07) is 6.19. The fraction of sp³-hybridized carbons (Fsp3) is 0.462. The van der Waals surface area contributed by atoms with E-state index in [4.69, 9.17) is 5.73 Å². The summed E-state index contributed by atoms with van der Waals surface area (Å²) in [6.45, 7) is 0.428. The molecule has 120 valence electrons. The molecule has 0 saturated heterocycles. The first-order valence-electron chi connectivity index (χ1n) is 6.03. The predicted molar refractivity (Wildman–Crippen MR) is 74.9 cm³/mol. The van der Waals surface area contributed by atoms with Gasteiger partial charge in [0, 0.05) is 6.54 Å². The number of hydrogen-bond acceptors (Lipinski definition) is 3. The van der Waals surface area contributed by atoms with E-state index in [1.54, 1.807) is 31.2 Å². The van der Waals surface area contributed by atoms with Crippen LogP contribution in [0.4, 0.5) is 13.2 Å². The van der Waals surface area contributed by atoms with Gasteiger partial charge in [-0.3, -0.25) is 4.79 Å². The van der Waals surface area contributed by atoms with Crippen molar-refractivity contribution in [3.8, 4) is 0 Å². The predicted octanol–water partition coefficient (Wildman–Crippen LogP) is 2.15. The van der Waals surface area contributed by atoms with Gasteiger partial charge in [-0.15, -0.1) is 12.4 Å². The number of benzene rings is 1. The van der Waals surface area contributed by atoms with Crippen LogP contribution in [0.3, 0.4) is 0 Å². The Kier molecular flexibility index (Phi) is 8.31. The first-order chi connectivity index (χ1) is 9.28. The van der Waals surface area contributed by atoms with Gasteiger partial charge in [-0.05, 0) is 18.1 Å². The number of ether oxygens (including phenoxy) is 1.